The van der Waals surface area contributed by atoms with E-state index in [0.717, 1.165) is 19.3 Å². The summed E-state index contributed by atoms with van der Waals surface area (Å²) in [7, 11) is 0. The van der Waals surface area contributed by atoms with Gasteiger partial charge in [0, 0.05) is 24.8 Å². The molecule has 1 aromatic rings. The molecule has 1 saturated carbocycles. The number of amides is 2. The number of nitrogens with zero attached hydrogens (tertiary/aromatic N) is 1. The molecule has 1 heterocycles. The van der Waals surface area contributed by atoms with Gasteiger partial charge in [0.2, 0.25) is 0 Å². The van der Waals surface area contributed by atoms with Crippen LogP contribution in [0, 0.1) is 11.8 Å². The van der Waals surface area contributed by atoms with E-state index >= 15 is 0 Å². The molecule has 2 amide bonds. The smallest absolute Gasteiger partial charge is 0.313 e. The third-order valence-corrected chi connectivity index (χ3v) is 4.78. The highest BCUT2D eigenvalue weighted by Gasteiger charge is 2.30. The van der Waals surface area contributed by atoms with Crippen LogP contribution in [-0.2, 0) is 16.1 Å². The fraction of sp³-hybridized carbons (Fsp3) is 0.611. The second-order valence-electron chi connectivity index (χ2n) is 6.77. The Kier molecular flexibility index (Phi) is 6.17. The van der Waals surface area contributed by atoms with Gasteiger partial charge >= 0.3 is 11.8 Å². The minimum absolute atomic E-state index is 0.0570. The summed E-state index contributed by atoms with van der Waals surface area (Å²) in [6.07, 6.45) is 5.82. The number of pyridine rings is 1. The van der Waals surface area contributed by atoms with Crippen LogP contribution in [0.3, 0.4) is 0 Å². The number of aryl methyl sites for hydroxylation is 1. The zero-order valence-electron chi connectivity index (χ0n) is 14.7. The molecule has 0 aromatic carbocycles. The van der Waals surface area contributed by atoms with E-state index < -0.39 is 11.8 Å². The molecule has 0 unspecified atom stereocenters. The fourth-order valence-corrected chi connectivity index (χ4v) is 3.41. The Bertz CT molecular complexity index is 651. The predicted molar refractivity (Wildman–Crippen MR) is 93.7 cm³/mol. The Morgan fingerprint density at radius 2 is 1.92 bits per heavy atom. The first kappa shape index (κ1) is 18.2. The fourth-order valence-electron chi connectivity index (χ4n) is 3.41. The van der Waals surface area contributed by atoms with E-state index in [1.165, 1.54) is 23.1 Å². The van der Waals surface area contributed by atoms with E-state index in [9.17, 15) is 14.4 Å². The minimum atomic E-state index is -0.690. The third-order valence-electron chi connectivity index (χ3n) is 4.78. The third kappa shape index (κ3) is 4.46. The lowest BCUT2D eigenvalue weighted by Crippen LogP contribution is -2.47. The molecule has 0 bridgehead atoms. The van der Waals surface area contributed by atoms with Crippen molar-refractivity contribution in [3.63, 3.8) is 0 Å². The van der Waals surface area contributed by atoms with E-state index in [-0.39, 0.29) is 11.6 Å². The Balaban J connectivity index is 1.99. The van der Waals surface area contributed by atoms with Crippen LogP contribution in [0.15, 0.2) is 23.1 Å². The second kappa shape index (κ2) is 8.13. The van der Waals surface area contributed by atoms with Gasteiger partial charge in [-0.1, -0.05) is 26.7 Å². The summed E-state index contributed by atoms with van der Waals surface area (Å²) in [5, 5.41) is 5.46. The van der Waals surface area contributed by atoms with Crippen LogP contribution in [0.5, 0.6) is 0 Å². The zero-order valence-corrected chi connectivity index (χ0v) is 14.7. The van der Waals surface area contributed by atoms with Gasteiger partial charge in [0.1, 0.15) is 0 Å². The Morgan fingerprint density at radius 1 is 1.21 bits per heavy atom. The maximum Gasteiger partial charge on any atom is 0.313 e. The summed E-state index contributed by atoms with van der Waals surface area (Å²) in [6, 6.07) is 2.95. The minimum Gasteiger partial charge on any atom is -0.345 e. The van der Waals surface area contributed by atoms with Gasteiger partial charge in [-0.05, 0) is 37.7 Å². The first-order chi connectivity index (χ1) is 11.4. The lowest BCUT2D eigenvalue weighted by Gasteiger charge is -2.34. The number of carbonyl (C=O) groups is 2. The number of anilines is 1. The molecule has 1 aliphatic carbocycles. The van der Waals surface area contributed by atoms with Gasteiger partial charge in [0.25, 0.3) is 5.56 Å². The van der Waals surface area contributed by atoms with Crippen molar-refractivity contribution in [3.8, 4) is 0 Å². The van der Waals surface area contributed by atoms with E-state index in [2.05, 4.69) is 24.5 Å². The molecule has 0 radical (unpaired) electrons. The van der Waals surface area contributed by atoms with E-state index in [1.807, 2.05) is 6.92 Å². The summed E-state index contributed by atoms with van der Waals surface area (Å²) in [5.41, 5.74) is 0.308. The van der Waals surface area contributed by atoms with Crippen LogP contribution in [0.4, 0.5) is 5.69 Å². The van der Waals surface area contributed by atoms with Crippen LogP contribution in [0.1, 0.15) is 46.5 Å². The molecular formula is C18H27N3O3. The van der Waals surface area contributed by atoms with Crippen molar-refractivity contribution in [3.05, 3.63) is 28.7 Å². The summed E-state index contributed by atoms with van der Waals surface area (Å²) in [6.45, 7) is 6.66. The van der Waals surface area contributed by atoms with Crippen molar-refractivity contribution in [2.75, 3.05) is 5.32 Å². The molecule has 2 atom stereocenters. The average molecular weight is 333 g/mol. The molecule has 0 saturated heterocycles. The molecule has 1 fully saturated rings. The van der Waals surface area contributed by atoms with E-state index in [4.69, 9.17) is 0 Å². The number of hydrogen-bond donors (Lipinski definition) is 2. The molecule has 1 aromatic heterocycles. The quantitative estimate of drug-likeness (QED) is 0.829. The number of carbonyl (C=O) groups excluding carboxylic acids is 2. The molecular weight excluding hydrogens is 306 g/mol. The summed E-state index contributed by atoms with van der Waals surface area (Å²) in [5.74, 6) is -0.407. The number of nitrogens with one attached hydrogen (secondary N) is 2. The SMILES string of the molecule is CCn1cc(NC(=O)C(=O)N[C@@H]2CCCC[C@H]2C(C)C)ccc1=O. The van der Waals surface area contributed by atoms with Crippen LogP contribution < -0.4 is 16.2 Å². The standard InChI is InChI=1S/C18H27N3O3/c1-4-21-11-13(9-10-16(21)22)19-17(23)18(24)20-15-8-6-5-7-14(15)12(2)3/h9-12,14-15H,4-8H2,1-3H3,(H,19,23)(H,20,24)/t14-,15+/m0/s1. The van der Waals surface area contributed by atoms with E-state index in [0.29, 0.717) is 24.1 Å². The van der Waals surface area contributed by atoms with Crippen molar-refractivity contribution in [1.82, 2.24) is 9.88 Å². The molecule has 6 heteroatoms. The number of rotatable bonds is 4. The van der Waals surface area contributed by atoms with Crippen molar-refractivity contribution >= 4 is 17.5 Å². The Morgan fingerprint density at radius 3 is 2.58 bits per heavy atom. The van der Waals surface area contributed by atoms with Gasteiger partial charge in [-0.2, -0.15) is 0 Å². The van der Waals surface area contributed by atoms with Gasteiger partial charge < -0.3 is 15.2 Å². The van der Waals surface area contributed by atoms with Crippen molar-refractivity contribution in [2.45, 2.75) is 59.0 Å². The maximum atomic E-state index is 12.2. The van der Waals surface area contributed by atoms with Crippen molar-refractivity contribution < 1.29 is 9.59 Å². The Hall–Kier alpha value is -2.11. The predicted octanol–water partition coefficient (Wildman–Crippen LogP) is 2.14. The first-order valence-corrected chi connectivity index (χ1v) is 8.74. The van der Waals surface area contributed by atoms with Crippen molar-refractivity contribution in [1.29, 1.82) is 0 Å². The van der Waals surface area contributed by atoms with Crippen molar-refractivity contribution in [2.24, 2.45) is 11.8 Å². The van der Waals surface area contributed by atoms with Gasteiger partial charge in [-0.25, -0.2) is 0 Å². The molecule has 6 nitrogen and oxygen atoms in total. The van der Waals surface area contributed by atoms with Crippen LogP contribution >= 0.6 is 0 Å². The highest BCUT2D eigenvalue weighted by atomic mass is 16.2. The topological polar surface area (TPSA) is 80.2 Å². The lowest BCUT2D eigenvalue weighted by atomic mass is 9.78. The summed E-state index contributed by atoms with van der Waals surface area (Å²) in [4.78, 5) is 35.9. The van der Waals surface area contributed by atoms with Gasteiger partial charge in [0.15, 0.2) is 0 Å². The van der Waals surface area contributed by atoms with Gasteiger partial charge in [0.05, 0.1) is 5.69 Å². The monoisotopic (exact) mass is 333 g/mol. The molecule has 2 rings (SSSR count). The van der Waals surface area contributed by atoms with Gasteiger partial charge in [-0.15, -0.1) is 0 Å². The number of aromatic nitrogens is 1. The van der Waals surface area contributed by atoms with Crippen LogP contribution in [0.25, 0.3) is 0 Å². The largest absolute Gasteiger partial charge is 0.345 e. The lowest BCUT2D eigenvalue weighted by molar-refractivity contribution is -0.137. The van der Waals surface area contributed by atoms with Gasteiger partial charge in [-0.3, -0.25) is 14.4 Å². The van der Waals surface area contributed by atoms with Crippen LogP contribution in [0.2, 0.25) is 0 Å². The number of hydrogen-bond acceptors (Lipinski definition) is 3. The molecule has 1 aliphatic rings. The first-order valence-electron chi connectivity index (χ1n) is 8.74. The second-order valence-corrected chi connectivity index (χ2v) is 6.77. The molecule has 0 spiro atoms. The zero-order chi connectivity index (χ0) is 17.7. The average Bonchev–Trinajstić information content (AvgIpc) is 2.56. The Labute approximate surface area is 142 Å². The summed E-state index contributed by atoms with van der Waals surface area (Å²) >= 11 is 0. The normalized spacial score (nSPS) is 20.7. The highest BCUT2D eigenvalue weighted by molar-refractivity contribution is 6.39. The summed E-state index contributed by atoms with van der Waals surface area (Å²) < 4.78 is 1.48. The highest BCUT2D eigenvalue weighted by Crippen LogP contribution is 2.30. The molecule has 24 heavy (non-hydrogen) atoms. The molecule has 132 valence electrons. The molecule has 2 N–H and O–H groups in total. The maximum absolute atomic E-state index is 12.2. The molecule has 0 aliphatic heterocycles. The van der Waals surface area contributed by atoms with Crippen LogP contribution in [-0.4, -0.2) is 22.4 Å². The van der Waals surface area contributed by atoms with E-state index in [1.54, 1.807) is 6.20 Å².